The molecule has 0 bridgehead atoms. The molecule has 0 spiro atoms. The number of rotatable bonds is 5. The minimum atomic E-state index is -1.13. The van der Waals surface area contributed by atoms with Crippen molar-refractivity contribution < 1.29 is 19.4 Å². The SMILES string of the molecule is CCCCOC(=O)Nc1cnccc1C(=O)O. The van der Waals surface area contributed by atoms with Crippen molar-refractivity contribution in [3.63, 3.8) is 0 Å². The first-order valence-electron chi connectivity index (χ1n) is 5.26. The van der Waals surface area contributed by atoms with E-state index in [4.69, 9.17) is 9.84 Å². The summed E-state index contributed by atoms with van der Waals surface area (Å²) in [5.74, 6) is -1.13. The molecule has 0 fully saturated rings. The summed E-state index contributed by atoms with van der Waals surface area (Å²) in [6.45, 7) is 2.29. The Kier molecular flexibility index (Phi) is 4.93. The zero-order chi connectivity index (χ0) is 12.7. The molecular formula is C11H14N2O4. The summed E-state index contributed by atoms with van der Waals surface area (Å²) in [5.41, 5.74) is 0.105. The van der Waals surface area contributed by atoms with Crippen LogP contribution in [0, 0.1) is 0 Å². The lowest BCUT2D eigenvalue weighted by molar-refractivity contribution is 0.0698. The van der Waals surface area contributed by atoms with Gasteiger partial charge < -0.3 is 9.84 Å². The molecule has 0 atom stereocenters. The monoisotopic (exact) mass is 238 g/mol. The molecule has 0 aliphatic carbocycles. The lowest BCUT2D eigenvalue weighted by Gasteiger charge is -2.08. The van der Waals surface area contributed by atoms with Gasteiger partial charge in [-0.2, -0.15) is 0 Å². The van der Waals surface area contributed by atoms with Crippen molar-refractivity contribution in [1.82, 2.24) is 4.98 Å². The number of carbonyl (C=O) groups excluding carboxylic acids is 1. The highest BCUT2D eigenvalue weighted by atomic mass is 16.5. The second-order valence-electron chi connectivity index (χ2n) is 3.34. The van der Waals surface area contributed by atoms with Crippen LogP contribution in [-0.4, -0.2) is 28.8 Å². The van der Waals surface area contributed by atoms with Crippen LogP contribution >= 0.6 is 0 Å². The summed E-state index contributed by atoms with van der Waals surface area (Å²) in [5, 5.41) is 11.2. The van der Waals surface area contributed by atoms with Gasteiger partial charge in [0.05, 0.1) is 24.1 Å². The normalized spacial score (nSPS) is 9.71. The number of hydrogen-bond donors (Lipinski definition) is 2. The lowest BCUT2D eigenvalue weighted by Crippen LogP contribution is -2.16. The zero-order valence-electron chi connectivity index (χ0n) is 9.47. The van der Waals surface area contributed by atoms with E-state index in [0.717, 1.165) is 12.8 Å². The van der Waals surface area contributed by atoms with Crippen molar-refractivity contribution in [3.05, 3.63) is 24.0 Å². The van der Waals surface area contributed by atoms with Gasteiger partial charge in [0, 0.05) is 6.20 Å². The van der Waals surface area contributed by atoms with E-state index in [1.807, 2.05) is 6.92 Å². The molecule has 0 saturated carbocycles. The number of aromatic carboxylic acids is 1. The van der Waals surface area contributed by atoms with Gasteiger partial charge in [-0.3, -0.25) is 10.3 Å². The average molecular weight is 238 g/mol. The summed E-state index contributed by atoms with van der Waals surface area (Å²) < 4.78 is 4.85. The highest BCUT2D eigenvalue weighted by Gasteiger charge is 2.12. The molecule has 0 aliphatic heterocycles. The molecule has 0 radical (unpaired) electrons. The first-order chi connectivity index (χ1) is 8.15. The second kappa shape index (κ2) is 6.47. The first-order valence-corrected chi connectivity index (χ1v) is 5.26. The van der Waals surface area contributed by atoms with Crippen molar-refractivity contribution in [3.8, 4) is 0 Å². The molecule has 6 nitrogen and oxygen atoms in total. The van der Waals surface area contributed by atoms with Crippen molar-refractivity contribution in [2.24, 2.45) is 0 Å². The fourth-order valence-electron chi connectivity index (χ4n) is 1.14. The van der Waals surface area contributed by atoms with Crippen LogP contribution in [0.5, 0.6) is 0 Å². The Labute approximate surface area is 98.6 Å². The molecule has 1 aromatic heterocycles. The van der Waals surface area contributed by atoms with E-state index >= 15 is 0 Å². The van der Waals surface area contributed by atoms with E-state index in [-0.39, 0.29) is 11.3 Å². The molecule has 1 heterocycles. The molecule has 0 unspecified atom stereocenters. The number of carboxylic acids is 1. The number of nitrogens with one attached hydrogen (secondary N) is 1. The summed E-state index contributed by atoms with van der Waals surface area (Å²) in [6.07, 6.45) is 3.63. The molecule has 1 amide bonds. The Hall–Kier alpha value is -2.11. The van der Waals surface area contributed by atoms with Crippen molar-refractivity contribution in [2.75, 3.05) is 11.9 Å². The first kappa shape index (κ1) is 13.0. The van der Waals surface area contributed by atoms with Crippen LogP contribution in [0.4, 0.5) is 10.5 Å². The summed E-state index contributed by atoms with van der Waals surface area (Å²) in [6, 6.07) is 1.31. The minimum Gasteiger partial charge on any atom is -0.478 e. The van der Waals surface area contributed by atoms with Gasteiger partial charge in [-0.15, -0.1) is 0 Å². The van der Waals surface area contributed by atoms with Crippen LogP contribution < -0.4 is 5.32 Å². The Bertz CT molecular complexity index is 406. The van der Waals surface area contributed by atoms with Crippen LogP contribution in [-0.2, 0) is 4.74 Å². The fraction of sp³-hybridized carbons (Fsp3) is 0.364. The largest absolute Gasteiger partial charge is 0.478 e. The van der Waals surface area contributed by atoms with E-state index in [2.05, 4.69) is 10.3 Å². The van der Waals surface area contributed by atoms with E-state index < -0.39 is 12.1 Å². The van der Waals surface area contributed by atoms with Gasteiger partial charge in [-0.1, -0.05) is 13.3 Å². The van der Waals surface area contributed by atoms with Crippen LogP contribution in [0.3, 0.4) is 0 Å². The quantitative estimate of drug-likeness (QED) is 0.767. The molecule has 0 saturated heterocycles. The van der Waals surface area contributed by atoms with Crippen molar-refractivity contribution >= 4 is 17.7 Å². The molecule has 92 valence electrons. The third-order valence-corrected chi connectivity index (χ3v) is 2.02. The van der Waals surface area contributed by atoms with Crippen LogP contribution in [0.15, 0.2) is 18.5 Å². The fourth-order valence-corrected chi connectivity index (χ4v) is 1.14. The maximum atomic E-state index is 11.3. The number of carbonyl (C=O) groups is 2. The molecule has 1 rings (SSSR count). The Morgan fingerprint density at radius 2 is 2.29 bits per heavy atom. The predicted molar refractivity (Wildman–Crippen MR) is 61.1 cm³/mol. The van der Waals surface area contributed by atoms with E-state index in [0.29, 0.717) is 6.61 Å². The second-order valence-corrected chi connectivity index (χ2v) is 3.34. The van der Waals surface area contributed by atoms with Crippen molar-refractivity contribution in [1.29, 1.82) is 0 Å². The molecule has 0 aliphatic rings. The van der Waals surface area contributed by atoms with Gasteiger partial charge in [0.2, 0.25) is 0 Å². The van der Waals surface area contributed by atoms with Crippen LogP contribution in [0.25, 0.3) is 0 Å². The third-order valence-electron chi connectivity index (χ3n) is 2.02. The van der Waals surface area contributed by atoms with Crippen molar-refractivity contribution in [2.45, 2.75) is 19.8 Å². The molecule has 2 N–H and O–H groups in total. The van der Waals surface area contributed by atoms with E-state index in [1.54, 1.807) is 0 Å². The van der Waals surface area contributed by atoms with Gasteiger partial charge in [-0.25, -0.2) is 9.59 Å². The molecule has 6 heteroatoms. The maximum absolute atomic E-state index is 11.3. The standard InChI is InChI=1S/C11H14N2O4/c1-2-3-6-17-11(16)13-9-7-12-5-4-8(9)10(14)15/h4-5,7H,2-3,6H2,1H3,(H,13,16)(H,14,15). The minimum absolute atomic E-state index is 0.0209. The summed E-state index contributed by atoms with van der Waals surface area (Å²) >= 11 is 0. The van der Waals surface area contributed by atoms with Crippen LogP contribution in [0.1, 0.15) is 30.1 Å². The smallest absolute Gasteiger partial charge is 0.411 e. The van der Waals surface area contributed by atoms with E-state index in [1.165, 1.54) is 18.5 Å². The van der Waals surface area contributed by atoms with Gasteiger partial charge in [0.15, 0.2) is 0 Å². The highest BCUT2D eigenvalue weighted by molar-refractivity contribution is 5.98. The molecule has 17 heavy (non-hydrogen) atoms. The molecule has 0 aromatic carbocycles. The lowest BCUT2D eigenvalue weighted by atomic mass is 10.2. The van der Waals surface area contributed by atoms with Gasteiger partial charge in [-0.05, 0) is 12.5 Å². The van der Waals surface area contributed by atoms with Gasteiger partial charge in [0.1, 0.15) is 0 Å². The number of carboxylic acid groups (broad SMARTS) is 1. The number of ether oxygens (including phenoxy) is 1. The van der Waals surface area contributed by atoms with Gasteiger partial charge >= 0.3 is 12.1 Å². The third kappa shape index (κ3) is 4.10. The Balaban J connectivity index is 2.61. The number of nitrogens with zero attached hydrogens (tertiary/aromatic N) is 1. The highest BCUT2D eigenvalue weighted by Crippen LogP contribution is 2.13. The molecular weight excluding hydrogens is 224 g/mol. The van der Waals surface area contributed by atoms with E-state index in [9.17, 15) is 9.59 Å². The van der Waals surface area contributed by atoms with Crippen LogP contribution in [0.2, 0.25) is 0 Å². The number of hydrogen-bond acceptors (Lipinski definition) is 4. The molecule has 1 aromatic rings. The average Bonchev–Trinajstić information content (AvgIpc) is 2.29. The number of anilines is 1. The topological polar surface area (TPSA) is 88.5 Å². The summed E-state index contributed by atoms with van der Waals surface area (Å²) in [7, 11) is 0. The number of amides is 1. The Morgan fingerprint density at radius 3 is 2.94 bits per heavy atom. The Morgan fingerprint density at radius 1 is 1.53 bits per heavy atom. The number of pyridine rings is 1. The zero-order valence-corrected chi connectivity index (χ0v) is 9.47. The number of aromatic nitrogens is 1. The summed E-state index contributed by atoms with van der Waals surface area (Å²) in [4.78, 5) is 25.9. The maximum Gasteiger partial charge on any atom is 0.411 e. The predicted octanol–water partition coefficient (Wildman–Crippen LogP) is 2.13. The van der Waals surface area contributed by atoms with Gasteiger partial charge in [0.25, 0.3) is 0 Å². The number of unbranched alkanes of at least 4 members (excludes halogenated alkanes) is 1.